The molecular weight excluding hydrogens is 250 g/mol. The normalized spacial score (nSPS) is 10.7. The summed E-state index contributed by atoms with van der Waals surface area (Å²) in [6, 6.07) is 14.4. The van der Waals surface area contributed by atoms with E-state index in [2.05, 4.69) is 35.3 Å². The lowest BCUT2D eigenvalue weighted by Gasteiger charge is -2.17. The van der Waals surface area contributed by atoms with Gasteiger partial charge in [-0.2, -0.15) is 0 Å². The van der Waals surface area contributed by atoms with Crippen LogP contribution in [-0.2, 0) is 6.54 Å². The molecule has 0 aliphatic carbocycles. The average Bonchev–Trinajstić information content (AvgIpc) is 3.00. The molecule has 0 saturated heterocycles. The molecule has 20 heavy (non-hydrogen) atoms. The summed E-state index contributed by atoms with van der Waals surface area (Å²) in [6.45, 7) is 0.571. The smallest absolute Gasteiger partial charge is 0.323 e. The molecule has 0 aliphatic rings. The van der Waals surface area contributed by atoms with Crippen LogP contribution in [0.5, 0.6) is 0 Å². The molecule has 0 fully saturated rings. The molecule has 0 saturated carbocycles. The molecule has 1 amide bonds. The topological polar surface area (TPSA) is 38.1 Å². The summed E-state index contributed by atoms with van der Waals surface area (Å²) in [7, 11) is 1.79. The summed E-state index contributed by atoms with van der Waals surface area (Å²) >= 11 is 0. The Bertz CT molecular complexity index is 734. The van der Waals surface area contributed by atoms with Gasteiger partial charge < -0.3 is 4.90 Å². The molecule has 3 aromatic rings. The van der Waals surface area contributed by atoms with E-state index in [0.717, 1.165) is 5.56 Å². The Hall–Kier alpha value is -2.62. The van der Waals surface area contributed by atoms with E-state index in [1.165, 1.54) is 21.7 Å². The first-order valence-corrected chi connectivity index (χ1v) is 6.45. The highest BCUT2D eigenvalue weighted by molar-refractivity contribution is 5.83. The Balaban J connectivity index is 1.80. The van der Waals surface area contributed by atoms with Crippen molar-refractivity contribution in [2.75, 3.05) is 7.05 Å². The molecule has 0 N–H and O–H groups in total. The van der Waals surface area contributed by atoms with Crippen molar-refractivity contribution in [1.29, 1.82) is 0 Å². The number of fused-ring (bicyclic) bond motifs is 1. The van der Waals surface area contributed by atoms with Gasteiger partial charge in [0.05, 0.1) is 0 Å². The number of aromatic nitrogens is 2. The fraction of sp³-hybridized carbons (Fsp3) is 0.125. The van der Waals surface area contributed by atoms with Gasteiger partial charge in [0.2, 0.25) is 0 Å². The lowest BCUT2D eigenvalue weighted by atomic mass is 10.1. The van der Waals surface area contributed by atoms with Gasteiger partial charge in [0, 0.05) is 26.0 Å². The third-order valence-electron chi connectivity index (χ3n) is 3.29. The maximum absolute atomic E-state index is 12.1. The van der Waals surface area contributed by atoms with Gasteiger partial charge in [-0.3, -0.25) is 4.57 Å². The third kappa shape index (κ3) is 2.40. The highest BCUT2D eigenvalue weighted by Gasteiger charge is 2.10. The van der Waals surface area contributed by atoms with Crippen LogP contribution in [0.3, 0.4) is 0 Å². The Morgan fingerprint density at radius 2 is 2.00 bits per heavy atom. The van der Waals surface area contributed by atoms with Gasteiger partial charge >= 0.3 is 6.03 Å². The van der Waals surface area contributed by atoms with E-state index < -0.39 is 0 Å². The van der Waals surface area contributed by atoms with Gasteiger partial charge in [-0.15, -0.1) is 0 Å². The van der Waals surface area contributed by atoms with E-state index in [-0.39, 0.29) is 6.03 Å². The van der Waals surface area contributed by atoms with Crippen molar-refractivity contribution in [2.24, 2.45) is 0 Å². The second kappa shape index (κ2) is 5.17. The standard InChI is InChI=1S/C16H15N3O/c1-18(16(20)19-9-8-17-12-19)11-13-6-7-14-4-2-3-5-15(14)10-13/h2-10,12H,11H2,1H3. The fourth-order valence-electron chi connectivity index (χ4n) is 2.25. The number of amides is 1. The molecule has 3 rings (SSSR count). The number of benzene rings is 2. The number of imidazole rings is 1. The fourth-order valence-corrected chi connectivity index (χ4v) is 2.25. The molecule has 2 aromatic carbocycles. The number of carbonyl (C=O) groups excluding carboxylic acids is 1. The van der Waals surface area contributed by atoms with Crippen molar-refractivity contribution in [3.05, 3.63) is 66.7 Å². The number of carbonyl (C=O) groups is 1. The first kappa shape index (κ1) is 12.4. The zero-order valence-corrected chi connectivity index (χ0v) is 11.2. The van der Waals surface area contributed by atoms with Crippen LogP contribution in [0.2, 0.25) is 0 Å². The first-order chi connectivity index (χ1) is 9.74. The number of nitrogens with zero attached hydrogens (tertiary/aromatic N) is 3. The molecular formula is C16H15N3O. The van der Waals surface area contributed by atoms with Crippen molar-refractivity contribution in [2.45, 2.75) is 6.54 Å². The van der Waals surface area contributed by atoms with Crippen LogP contribution in [0.1, 0.15) is 5.56 Å². The number of rotatable bonds is 2. The predicted molar refractivity (Wildman–Crippen MR) is 78.4 cm³/mol. The number of hydrogen-bond donors (Lipinski definition) is 0. The molecule has 100 valence electrons. The summed E-state index contributed by atoms with van der Waals surface area (Å²) in [4.78, 5) is 17.7. The van der Waals surface area contributed by atoms with Gasteiger partial charge in [-0.1, -0.05) is 36.4 Å². The third-order valence-corrected chi connectivity index (χ3v) is 3.29. The zero-order chi connectivity index (χ0) is 13.9. The van der Waals surface area contributed by atoms with Crippen LogP contribution in [0.15, 0.2) is 61.2 Å². The van der Waals surface area contributed by atoms with E-state index in [1.54, 1.807) is 24.3 Å². The Labute approximate surface area is 117 Å². The Morgan fingerprint density at radius 3 is 2.75 bits per heavy atom. The molecule has 0 unspecified atom stereocenters. The van der Waals surface area contributed by atoms with E-state index in [9.17, 15) is 4.79 Å². The molecule has 0 bridgehead atoms. The van der Waals surface area contributed by atoms with Gasteiger partial charge in [0.25, 0.3) is 0 Å². The summed E-state index contributed by atoms with van der Waals surface area (Å²) in [5.74, 6) is 0. The van der Waals surface area contributed by atoms with Gasteiger partial charge in [0.15, 0.2) is 0 Å². The van der Waals surface area contributed by atoms with Gasteiger partial charge in [-0.05, 0) is 22.4 Å². The molecule has 0 aliphatic heterocycles. The first-order valence-electron chi connectivity index (χ1n) is 6.45. The van der Waals surface area contributed by atoms with Crippen molar-refractivity contribution >= 4 is 16.8 Å². The highest BCUT2D eigenvalue weighted by Crippen LogP contribution is 2.16. The summed E-state index contributed by atoms with van der Waals surface area (Å²) in [5, 5.41) is 2.40. The van der Waals surface area contributed by atoms with Crippen molar-refractivity contribution < 1.29 is 4.79 Å². The maximum Gasteiger partial charge on any atom is 0.329 e. The minimum Gasteiger partial charge on any atom is -0.323 e. The molecule has 0 atom stereocenters. The summed E-state index contributed by atoms with van der Waals surface area (Å²) in [5.41, 5.74) is 1.11. The van der Waals surface area contributed by atoms with E-state index >= 15 is 0 Å². The van der Waals surface area contributed by atoms with Gasteiger partial charge in [-0.25, -0.2) is 9.78 Å². The van der Waals surface area contributed by atoms with E-state index in [1.807, 2.05) is 12.1 Å². The molecule has 4 heteroatoms. The lowest BCUT2D eigenvalue weighted by molar-refractivity contribution is 0.208. The van der Waals surface area contributed by atoms with E-state index in [0.29, 0.717) is 6.54 Å². The summed E-state index contributed by atoms with van der Waals surface area (Å²) in [6.07, 6.45) is 4.76. The van der Waals surface area contributed by atoms with Crippen LogP contribution in [0.4, 0.5) is 4.79 Å². The lowest BCUT2D eigenvalue weighted by Crippen LogP contribution is -2.29. The number of hydrogen-bond acceptors (Lipinski definition) is 2. The largest absolute Gasteiger partial charge is 0.329 e. The van der Waals surface area contributed by atoms with Crippen LogP contribution in [0, 0.1) is 0 Å². The molecule has 0 radical (unpaired) electrons. The zero-order valence-electron chi connectivity index (χ0n) is 11.2. The predicted octanol–water partition coefficient (Wildman–Crippen LogP) is 3.14. The molecule has 0 spiro atoms. The quantitative estimate of drug-likeness (QED) is 0.714. The minimum atomic E-state index is -0.0874. The SMILES string of the molecule is CN(Cc1ccc2ccccc2c1)C(=O)n1ccnc1. The second-order valence-electron chi connectivity index (χ2n) is 4.79. The molecule has 1 aromatic heterocycles. The highest BCUT2D eigenvalue weighted by atomic mass is 16.2. The Kier molecular flexibility index (Phi) is 3.21. The Morgan fingerprint density at radius 1 is 1.20 bits per heavy atom. The van der Waals surface area contributed by atoms with Crippen molar-refractivity contribution in [3.63, 3.8) is 0 Å². The maximum atomic E-state index is 12.1. The van der Waals surface area contributed by atoms with E-state index in [4.69, 9.17) is 0 Å². The van der Waals surface area contributed by atoms with Crippen LogP contribution >= 0.6 is 0 Å². The monoisotopic (exact) mass is 265 g/mol. The van der Waals surface area contributed by atoms with Gasteiger partial charge in [0.1, 0.15) is 6.33 Å². The van der Waals surface area contributed by atoms with Crippen LogP contribution < -0.4 is 0 Å². The molecule has 4 nitrogen and oxygen atoms in total. The molecule has 1 heterocycles. The average molecular weight is 265 g/mol. The summed E-state index contributed by atoms with van der Waals surface area (Å²) < 4.78 is 1.47. The van der Waals surface area contributed by atoms with Crippen LogP contribution in [-0.4, -0.2) is 27.5 Å². The van der Waals surface area contributed by atoms with Crippen molar-refractivity contribution in [1.82, 2.24) is 14.5 Å². The second-order valence-corrected chi connectivity index (χ2v) is 4.79. The minimum absolute atomic E-state index is 0.0874. The van der Waals surface area contributed by atoms with Crippen LogP contribution in [0.25, 0.3) is 10.8 Å². The van der Waals surface area contributed by atoms with Crippen molar-refractivity contribution in [3.8, 4) is 0 Å².